The lowest BCUT2D eigenvalue weighted by molar-refractivity contribution is -0.117. The van der Waals surface area contributed by atoms with Crippen LogP contribution in [0.2, 0.25) is 0 Å². The maximum absolute atomic E-state index is 13.6. The highest BCUT2D eigenvalue weighted by atomic mass is 32.2. The maximum Gasteiger partial charge on any atom is 0.240 e. The van der Waals surface area contributed by atoms with Crippen LogP contribution in [0.5, 0.6) is 11.5 Å². The molecule has 2 aliphatic rings. The van der Waals surface area contributed by atoms with E-state index in [0.29, 0.717) is 23.3 Å². The Morgan fingerprint density at radius 2 is 1.72 bits per heavy atom. The van der Waals surface area contributed by atoms with Gasteiger partial charge in [-0.25, -0.2) is 0 Å². The van der Waals surface area contributed by atoms with Crippen LogP contribution in [0.15, 0.2) is 84.0 Å². The van der Waals surface area contributed by atoms with Crippen LogP contribution < -0.4 is 14.4 Å². The summed E-state index contributed by atoms with van der Waals surface area (Å²) in [5, 5.41) is 9.31. The number of hydrogen-bond acceptors (Lipinski definition) is 6. The Morgan fingerprint density at radius 3 is 2.58 bits per heavy atom. The third-order valence-corrected chi connectivity index (χ3v) is 7.51. The Balaban J connectivity index is 1.30. The van der Waals surface area contributed by atoms with Crippen molar-refractivity contribution in [3.8, 4) is 17.2 Å². The van der Waals surface area contributed by atoms with Crippen LogP contribution in [-0.4, -0.2) is 39.1 Å². The van der Waals surface area contributed by atoms with Crippen molar-refractivity contribution in [1.29, 1.82) is 0 Å². The molecule has 2 atom stereocenters. The quantitative estimate of drug-likeness (QED) is 0.351. The zero-order chi connectivity index (χ0) is 24.5. The van der Waals surface area contributed by atoms with Crippen molar-refractivity contribution < 1.29 is 14.3 Å². The highest BCUT2D eigenvalue weighted by Gasteiger charge is 2.32. The summed E-state index contributed by atoms with van der Waals surface area (Å²) in [5.41, 5.74) is 3.14. The predicted octanol–water partition coefficient (Wildman–Crippen LogP) is 5.24. The van der Waals surface area contributed by atoms with Crippen molar-refractivity contribution in [2.45, 2.75) is 36.3 Å². The van der Waals surface area contributed by atoms with Gasteiger partial charge in [0.25, 0.3) is 0 Å². The average Bonchev–Trinajstić information content (AvgIpc) is 3.36. The molecule has 0 spiro atoms. The van der Waals surface area contributed by atoms with Crippen molar-refractivity contribution in [2.24, 2.45) is 0 Å². The summed E-state index contributed by atoms with van der Waals surface area (Å²) in [7, 11) is 0. The molecule has 0 aliphatic carbocycles. The Bertz CT molecular complexity index is 1390. The summed E-state index contributed by atoms with van der Waals surface area (Å²) in [4.78, 5) is 15.5. The minimum absolute atomic E-state index is 0.0717. The largest absolute Gasteiger partial charge is 0.485 e. The fourth-order valence-electron chi connectivity index (χ4n) is 4.72. The molecule has 4 aromatic rings. The van der Waals surface area contributed by atoms with E-state index in [2.05, 4.69) is 16.3 Å². The zero-order valence-electron chi connectivity index (χ0n) is 19.9. The first-order valence-electron chi connectivity index (χ1n) is 12.1. The van der Waals surface area contributed by atoms with Gasteiger partial charge in [-0.3, -0.25) is 9.36 Å². The van der Waals surface area contributed by atoms with Crippen molar-refractivity contribution >= 4 is 23.4 Å². The fourth-order valence-corrected chi connectivity index (χ4v) is 5.66. The molecular formula is C28H26N4O3S. The number of fused-ring (bicyclic) bond motifs is 2. The topological polar surface area (TPSA) is 69.5 Å². The average molecular weight is 499 g/mol. The highest BCUT2D eigenvalue weighted by molar-refractivity contribution is 8.00. The molecule has 3 aromatic carbocycles. The molecule has 6 rings (SSSR count). The second kappa shape index (κ2) is 9.70. The van der Waals surface area contributed by atoms with E-state index in [4.69, 9.17) is 9.47 Å². The molecule has 0 saturated carbocycles. The summed E-state index contributed by atoms with van der Waals surface area (Å²) < 4.78 is 14.2. The normalized spacial score (nSPS) is 17.4. The molecule has 7 nitrogen and oxygen atoms in total. The summed E-state index contributed by atoms with van der Waals surface area (Å²) in [6, 6.07) is 25.7. The van der Waals surface area contributed by atoms with Gasteiger partial charge in [0.05, 0.1) is 5.25 Å². The van der Waals surface area contributed by atoms with E-state index in [9.17, 15) is 4.79 Å². The molecule has 0 unspecified atom stereocenters. The van der Waals surface area contributed by atoms with E-state index in [1.54, 1.807) is 0 Å². The van der Waals surface area contributed by atoms with Crippen LogP contribution in [0.1, 0.15) is 30.8 Å². The lowest BCUT2D eigenvalue weighted by Gasteiger charge is -2.31. The third kappa shape index (κ3) is 4.22. The number of para-hydroxylation sites is 4. The Hall–Kier alpha value is -3.78. The van der Waals surface area contributed by atoms with E-state index in [1.165, 1.54) is 17.3 Å². The number of carbonyl (C=O) groups excluding carboxylic acids is 1. The third-order valence-electron chi connectivity index (χ3n) is 6.48. The molecule has 8 heteroatoms. The minimum atomic E-state index is -0.429. The number of amides is 1. The molecule has 0 fully saturated rings. The molecule has 0 N–H and O–H groups in total. The van der Waals surface area contributed by atoms with Gasteiger partial charge in [0, 0.05) is 17.9 Å². The predicted molar refractivity (Wildman–Crippen MR) is 139 cm³/mol. The highest BCUT2D eigenvalue weighted by Crippen LogP contribution is 2.38. The summed E-state index contributed by atoms with van der Waals surface area (Å²) in [6.07, 6.45) is 1.53. The maximum atomic E-state index is 13.6. The Kier molecular flexibility index (Phi) is 6.11. The van der Waals surface area contributed by atoms with E-state index >= 15 is 0 Å². The summed E-state index contributed by atoms with van der Waals surface area (Å²) >= 11 is 1.41. The van der Waals surface area contributed by atoms with Crippen molar-refractivity contribution in [2.75, 3.05) is 18.1 Å². The standard InChI is InChI=1S/C28H26N4O3S/c1-19(27(33)31-17-9-11-20-10-5-6-14-22(20)31)36-28-30-29-26(32(28)21-12-3-2-4-13-21)25-18-34-23-15-7-8-16-24(23)35-25/h2-8,10,12-16,19,25H,9,11,17-18H2,1H3/t19-,25-/m0/s1. The lowest BCUT2D eigenvalue weighted by Crippen LogP contribution is -2.40. The Labute approximate surface area is 214 Å². The first-order valence-corrected chi connectivity index (χ1v) is 13.0. The number of ether oxygens (including phenoxy) is 2. The number of anilines is 1. The van der Waals surface area contributed by atoms with Gasteiger partial charge in [0.1, 0.15) is 6.61 Å². The SMILES string of the molecule is C[C@H](Sc1nnc([C@@H]2COc3ccccc3O2)n1-c1ccccc1)C(=O)N1CCCc2ccccc21. The van der Waals surface area contributed by atoms with Gasteiger partial charge in [-0.15, -0.1) is 10.2 Å². The lowest BCUT2D eigenvalue weighted by atomic mass is 10.0. The molecule has 182 valence electrons. The number of carbonyl (C=O) groups is 1. The number of hydrogen-bond donors (Lipinski definition) is 0. The van der Waals surface area contributed by atoms with Gasteiger partial charge in [-0.1, -0.05) is 60.3 Å². The van der Waals surface area contributed by atoms with Crippen LogP contribution in [0.4, 0.5) is 5.69 Å². The summed E-state index contributed by atoms with van der Waals surface area (Å²) in [6.45, 7) is 2.99. The van der Waals surface area contributed by atoms with Crippen LogP contribution in [0.3, 0.4) is 0 Å². The molecule has 0 radical (unpaired) electrons. The van der Waals surface area contributed by atoms with Gasteiger partial charge in [0.15, 0.2) is 28.6 Å². The van der Waals surface area contributed by atoms with Gasteiger partial charge in [-0.05, 0) is 55.7 Å². The van der Waals surface area contributed by atoms with E-state index in [1.807, 2.05) is 89.2 Å². The molecule has 1 amide bonds. The number of aryl methyl sites for hydroxylation is 1. The smallest absolute Gasteiger partial charge is 0.240 e. The zero-order valence-corrected chi connectivity index (χ0v) is 20.7. The second-order valence-corrected chi connectivity index (χ2v) is 10.2. The summed E-state index contributed by atoms with van der Waals surface area (Å²) in [5.74, 6) is 2.11. The van der Waals surface area contributed by atoms with E-state index < -0.39 is 6.10 Å². The molecule has 2 aliphatic heterocycles. The van der Waals surface area contributed by atoms with E-state index in [0.717, 1.165) is 36.5 Å². The number of benzene rings is 3. The number of aromatic nitrogens is 3. The molecule has 3 heterocycles. The number of nitrogens with zero attached hydrogens (tertiary/aromatic N) is 4. The van der Waals surface area contributed by atoms with Crippen LogP contribution in [-0.2, 0) is 11.2 Å². The monoisotopic (exact) mass is 498 g/mol. The first kappa shape index (κ1) is 22.7. The van der Waals surface area contributed by atoms with Crippen LogP contribution >= 0.6 is 11.8 Å². The van der Waals surface area contributed by atoms with Gasteiger partial charge < -0.3 is 14.4 Å². The molecule has 1 aromatic heterocycles. The van der Waals surface area contributed by atoms with Crippen molar-refractivity contribution in [3.63, 3.8) is 0 Å². The molecule has 0 bridgehead atoms. The van der Waals surface area contributed by atoms with Crippen LogP contribution in [0, 0.1) is 0 Å². The van der Waals surface area contributed by atoms with Gasteiger partial charge in [0.2, 0.25) is 5.91 Å². The minimum Gasteiger partial charge on any atom is -0.485 e. The fraction of sp³-hybridized carbons (Fsp3) is 0.250. The number of rotatable bonds is 5. The van der Waals surface area contributed by atoms with Crippen LogP contribution in [0.25, 0.3) is 5.69 Å². The number of thioether (sulfide) groups is 1. The van der Waals surface area contributed by atoms with Crippen molar-refractivity contribution in [1.82, 2.24) is 14.8 Å². The van der Waals surface area contributed by atoms with E-state index in [-0.39, 0.29) is 11.2 Å². The molecular weight excluding hydrogens is 472 g/mol. The Morgan fingerprint density at radius 1 is 0.972 bits per heavy atom. The van der Waals surface area contributed by atoms with Gasteiger partial charge in [-0.2, -0.15) is 0 Å². The van der Waals surface area contributed by atoms with Gasteiger partial charge >= 0.3 is 0 Å². The molecule has 36 heavy (non-hydrogen) atoms. The van der Waals surface area contributed by atoms with Crippen molar-refractivity contribution in [3.05, 3.63) is 90.3 Å². The molecule has 0 saturated heterocycles. The second-order valence-electron chi connectivity index (χ2n) is 8.86. The first-order chi connectivity index (χ1) is 17.7.